The fraction of sp³-hybridized carbons (Fsp3) is 0.353. The lowest BCUT2D eigenvalue weighted by Crippen LogP contribution is -2.34. The highest BCUT2D eigenvalue weighted by atomic mass is 16.5. The number of nitrogens with one attached hydrogen (secondary N) is 1. The standard InChI is InChI=1S/C17H21N5O2/c1-21(2)15-8-9-16(20-19-15)24-14-10-11-22(12-14)17(23)18-13-6-4-3-5-7-13/h3-9,14H,10-12H2,1-2H3,(H,18,23). The van der Waals surface area contributed by atoms with Gasteiger partial charge in [-0.05, 0) is 18.2 Å². The maximum atomic E-state index is 12.3. The summed E-state index contributed by atoms with van der Waals surface area (Å²) in [4.78, 5) is 15.9. The second-order valence-corrected chi connectivity index (χ2v) is 5.89. The Labute approximate surface area is 141 Å². The van der Waals surface area contributed by atoms with Crippen LogP contribution in [0.15, 0.2) is 42.5 Å². The number of para-hydroxylation sites is 1. The van der Waals surface area contributed by atoms with Crippen LogP contribution in [0, 0.1) is 0 Å². The normalized spacial score (nSPS) is 16.8. The Hall–Kier alpha value is -2.83. The molecule has 0 spiro atoms. The minimum Gasteiger partial charge on any atom is -0.471 e. The van der Waals surface area contributed by atoms with Gasteiger partial charge in [0.15, 0.2) is 5.82 Å². The molecule has 0 aliphatic carbocycles. The zero-order valence-electron chi connectivity index (χ0n) is 13.8. The molecular weight excluding hydrogens is 306 g/mol. The van der Waals surface area contributed by atoms with Gasteiger partial charge in [-0.25, -0.2) is 4.79 Å². The van der Waals surface area contributed by atoms with E-state index in [1.165, 1.54) is 0 Å². The van der Waals surface area contributed by atoms with Crippen LogP contribution in [0.1, 0.15) is 6.42 Å². The van der Waals surface area contributed by atoms with Crippen LogP contribution in [0.25, 0.3) is 0 Å². The summed E-state index contributed by atoms with van der Waals surface area (Å²) in [7, 11) is 3.81. The van der Waals surface area contributed by atoms with Gasteiger partial charge in [-0.1, -0.05) is 18.2 Å². The molecule has 7 heteroatoms. The molecule has 1 fully saturated rings. The molecule has 24 heavy (non-hydrogen) atoms. The first-order chi connectivity index (χ1) is 11.6. The van der Waals surface area contributed by atoms with Gasteiger partial charge in [-0.3, -0.25) is 0 Å². The summed E-state index contributed by atoms with van der Waals surface area (Å²) < 4.78 is 5.83. The van der Waals surface area contributed by atoms with Crippen molar-refractivity contribution in [3.63, 3.8) is 0 Å². The number of anilines is 2. The molecule has 0 bridgehead atoms. The Morgan fingerprint density at radius 3 is 2.67 bits per heavy atom. The van der Waals surface area contributed by atoms with Crippen molar-refractivity contribution < 1.29 is 9.53 Å². The molecule has 3 rings (SSSR count). The summed E-state index contributed by atoms with van der Waals surface area (Å²) in [5.74, 6) is 1.26. The molecule has 1 aliphatic heterocycles. The molecule has 7 nitrogen and oxygen atoms in total. The smallest absolute Gasteiger partial charge is 0.321 e. The molecule has 1 aliphatic rings. The summed E-state index contributed by atoms with van der Waals surface area (Å²) in [6.45, 7) is 1.20. The summed E-state index contributed by atoms with van der Waals surface area (Å²) in [5.41, 5.74) is 0.789. The number of amides is 2. The molecule has 2 heterocycles. The second kappa shape index (κ2) is 7.16. The quantitative estimate of drug-likeness (QED) is 0.932. The van der Waals surface area contributed by atoms with E-state index in [2.05, 4.69) is 15.5 Å². The molecule has 0 radical (unpaired) electrons. The highest BCUT2D eigenvalue weighted by molar-refractivity contribution is 5.89. The Morgan fingerprint density at radius 2 is 2.00 bits per heavy atom. The number of aromatic nitrogens is 2. The third-order valence-corrected chi connectivity index (χ3v) is 3.83. The van der Waals surface area contributed by atoms with E-state index >= 15 is 0 Å². The molecule has 0 saturated carbocycles. The van der Waals surface area contributed by atoms with Crippen molar-refractivity contribution in [3.05, 3.63) is 42.5 Å². The number of carbonyl (C=O) groups is 1. The van der Waals surface area contributed by atoms with Crippen molar-refractivity contribution >= 4 is 17.5 Å². The van der Waals surface area contributed by atoms with Crippen LogP contribution in [-0.4, -0.2) is 54.4 Å². The Balaban J connectivity index is 1.52. The summed E-state index contributed by atoms with van der Waals surface area (Å²) in [6, 6.07) is 13.0. The van der Waals surface area contributed by atoms with Crippen LogP contribution in [0.5, 0.6) is 5.88 Å². The Bertz CT molecular complexity index is 675. The molecule has 1 saturated heterocycles. The average Bonchev–Trinajstić information content (AvgIpc) is 3.05. The van der Waals surface area contributed by atoms with Crippen molar-refractivity contribution in [1.29, 1.82) is 0 Å². The first-order valence-corrected chi connectivity index (χ1v) is 7.90. The SMILES string of the molecule is CN(C)c1ccc(OC2CCN(C(=O)Nc3ccccc3)C2)nn1. The monoisotopic (exact) mass is 327 g/mol. The lowest BCUT2D eigenvalue weighted by Gasteiger charge is -2.18. The van der Waals surface area contributed by atoms with Gasteiger partial charge < -0.3 is 19.9 Å². The lowest BCUT2D eigenvalue weighted by molar-refractivity contribution is 0.188. The number of hydrogen-bond donors (Lipinski definition) is 1. The first-order valence-electron chi connectivity index (χ1n) is 7.90. The van der Waals surface area contributed by atoms with E-state index in [0.29, 0.717) is 19.0 Å². The van der Waals surface area contributed by atoms with E-state index in [1.54, 1.807) is 11.0 Å². The number of benzene rings is 1. The molecule has 1 aromatic carbocycles. The largest absolute Gasteiger partial charge is 0.471 e. The van der Waals surface area contributed by atoms with Crippen LogP contribution in [0.4, 0.5) is 16.3 Å². The topological polar surface area (TPSA) is 70.6 Å². The van der Waals surface area contributed by atoms with Gasteiger partial charge in [0.05, 0.1) is 6.54 Å². The number of nitrogens with zero attached hydrogens (tertiary/aromatic N) is 4. The van der Waals surface area contributed by atoms with Crippen LogP contribution >= 0.6 is 0 Å². The van der Waals surface area contributed by atoms with E-state index in [-0.39, 0.29) is 12.1 Å². The van der Waals surface area contributed by atoms with Gasteiger partial charge in [0.25, 0.3) is 0 Å². The number of urea groups is 1. The van der Waals surface area contributed by atoms with Gasteiger partial charge >= 0.3 is 6.03 Å². The van der Waals surface area contributed by atoms with Crippen LogP contribution in [0.3, 0.4) is 0 Å². The molecule has 2 amide bonds. The minimum atomic E-state index is -0.110. The maximum absolute atomic E-state index is 12.3. The van der Waals surface area contributed by atoms with E-state index in [0.717, 1.165) is 17.9 Å². The second-order valence-electron chi connectivity index (χ2n) is 5.89. The summed E-state index contributed by atoms with van der Waals surface area (Å²) in [6.07, 6.45) is 0.713. The van der Waals surface area contributed by atoms with Gasteiger partial charge in [-0.2, -0.15) is 0 Å². The average molecular weight is 327 g/mol. The third-order valence-electron chi connectivity index (χ3n) is 3.83. The highest BCUT2D eigenvalue weighted by Crippen LogP contribution is 2.18. The number of likely N-dealkylation sites (tertiary alicyclic amines) is 1. The highest BCUT2D eigenvalue weighted by Gasteiger charge is 2.28. The predicted molar refractivity (Wildman–Crippen MR) is 92.4 cm³/mol. The van der Waals surface area contributed by atoms with E-state index in [1.807, 2.05) is 55.4 Å². The van der Waals surface area contributed by atoms with E-state index in [4.69, 9.17) is 4.74 Å². The van der Waals surface area contributed by atoms with Crippen molar-refractivity contribution in [2.75, 3.05) is 37.4 Å². The van der Waals surface area contributed by atoms with Crippen molar-refractivity contribution in [3.8, 4) is 5.88 Å². The molecule has 1 aromatic heterocycles. The van der Waals surface area contributed by atoms with Crippen molar-refractivity contribution in [2.24, 2.45) is 0 Å². The summed E-state index contributed by atoms with van der Waals surface area (Å²) >= 11 is 0. The minimum absolute atomic E-state index is 0.0639. The van der Waals surface area contributed by atoms with Gasteiger partial charge in [0.2, 0.25) is 5.88 Å². The number of carbonyl (C=O) groups excluding carboxylic acids is 1. The number of ether oxygens (including phenoxy) is 1. The van der Waals surface area contributed by atoms with Crippen LogP contribution in [-0.2, 0) is 0 Å². The molecule has 126 valence electrons. The zero-order valence-corrected chi connectivity index (χ0v) is 13.8. The lowest BCUT2D eigenvalue weighted by atomic mass is 10.3. The molecule has 1 N–H and O–H groups in total. The maximum Gasteiger partial charge on any atom is 0.321 e. The van der Waals surface area contributed by atoms with E-state index in [9.17, 15) is 4.79 Å². The van der Waals surface area contributed by atoms with Gasteiger partial charge in [0, 0.05) is 38.8 Å². The molecule has 1 unspecified atom stereocenters. The molecule has 1 atom stereocenters. The van der Waals surface area contributed by atoms with Gasteiger partial charge in [0.1, 0.15) is 6.10 Å². The van der Waals surface area contributed by atoms with Gasteiger partial charge in [-0.15, -0.1) is 10.2 Å². The third kappa shape index (κ3) is 3.92. The summed E-state index contributed by atoms with van der Waals surface area (Å²) in [5, 5.41) is 11.0. The predicted octanol–water partition coefficient (Wildman–Crippen LogP) is 2.23. The molecular formula is C17H21N5O2. The Kier molecular flexibility index (Phi) is 4.79. The fourth-order valence-electron chi connectivity index (χ4n) is 2.52. The fourth-order valence-corrected chi connectivity index (χ4v) is 2.52. The van der Waals surface area contributed by atoms with Crippen molar-refractivity contribution in [1.82, 2.24) is 15.1 Å². The zero-order chi connectivity index (χ0) is 16.9. The first kappa shape index (κ1) is 16.0. The van der Waals surface area contributed by atoms with Crippen LogP contribution < -0.4 is 15.0 Å². The van der Waals surface area contributed by atoms with Crippen LogP contribution in [0.2, 0.25) is 0 Å². The Morgan fingerprint density at radius 1 is 1.21 bits per heavy atom. The number of rotatable bonds is 4. The van der Waals surface area contributed by atoms with Crippen molar-refractivity contribution in [2.45, 2.75) is 12.5 Å². The molecule has 2 aromatic rings. The van der Waals surface area contributed by atoms with E-state index < -0.39 is 0 Å². The number of hydrogen-bond acceptors (Lipinski definition) is 5.